The van der Waals surface area contributed by atoms with Crippen molar-refractivity contribution in [2.24, 2.45) is 5.92 Å². The van der Waals surface area contributed by atoms with Crippen molar-refractivity contribution in [3.8, 4) is 12.3 Å². The molecule has 0 aliphatic heterocycles. The van der Waals surface area contributed by atoms with Crippen LogP contribution in [0.5, 0.6) is 0 Å². The van der Waals surface area contributed by atoms with E-state index in [2.05, 4.69) is 21.3 Å². The highest BCUT2D eigenvalue weighted by Gasteiger charge is 2.09. The van der Waals surface area contributed by atoms with Gasteiger partial charge in [-0.1, -0.05) is 19.8 Å². The Balaban J connectivity index is 3.67. The van der Waals surface area contributed by atoms with Gasteiger partial charge in [-0.15, -0.1) is 6.42 Å². The molecule has 6 nitrogen and oxygen atoms in total. The van der Waals surface area contributed by atoms with Gasteiger partial charge in [-0.3, -0.25) is 14.4 Å². The summed E-state index contributed by atoms with van der Waals surface area (Å²) in [5.41, 5.74) is 0. The van der Waals surface area contributed by atoms with E-state index in [0.29, 0.717) is 12.3 Å². The molecule has 0 aromatic heterocycles. The smallest absolute Gasteiger partial charge is 0.325 e. The van der Waals surface area contributed by atoms with E-state index in [-0.39, 0.29) is 19.0 Å². The van der Waals surface area contributed by atoms with E-state index in [1.807, 2.05) is 13.8 Å². The highest BCUT2D eigenvalue weighted by molar-refractivity contribution is 5.84. The van der Waals surface area contributed by atoms with Crippen LogP contribution in [0.15, 0.2) is 0 Å². The number of esters is 1. The van der Waals surface area contributed by atoms with Crippen LogP contribution in [0.2, 0.25) is 0 Å². The monoisotopic (exact) mass is 268 g/mol. The average Bonchev–Trinajstić information content (AvgIpc) is 2.37. The lowest BCUT2D eigenvalue weighted by Gasteiger charge is -2.07. The van der Waals surface area contributed by atoms with Gasteiger partial charge in [-0.25, -0.2) is 0 Å². The zero-order valence-corrected chi connectivity index (χ0v) is 11.3. The zero-order chi connectivity index (χ0) is 14.7. The van der Waals surface area contributed by atoms with Crippen molar-refractivity contribution in [2.75, 3.05) is 19.7 Å². The van der Waals surface area contributed by atoms with Crippen molar-refractivity contribution in [3.63, 3.8) is 0 Å². The molecule has 19 heavy (non-hydrogen) atoms. The van der Waals surface area contributed by atoms with Crippen LogP contribution in [-0.2, 0) is 19.1 Å². The maximum absolute atomic E-state index is 11.3. The van der Waals surface area contributed by atoms with E-state index in [4.69, 9.17) is 6.42 Å². The summed E-state index contributed by atoms with van der Waals surface area (Å²) in [5, 5.41) is 4.77. The fourth-order valence-corrected chi connectivity index (χ4v) is 1.08. The molecule has 106 valence electrons. The van der Waals surface area contributed by atoms with Crippen molar-refractivity contribution in [1.82, 2.24) is 10.6 Å². The largest absolute Gasteiger partial charge is 0.454 e. The van der Waals surface area contributed by atoms with Crippen LogP contribution >= 0.6 is 0 Å². The standard InChI is InChI=1S/C13H20N2O4/c1-4-7-14-12(17)9-19-13(18)8-15-11(16)6-5-10(2)3/h1,10H,5-9H2,2-3H3,(H,14,17)(H,15,16). The number of ether oxygens (including phenoxy) is 1. The van der Waals surface area contributed by atoms with E-state index in [1.165, 1.54) is 0 Å². The van der Waals surface area contributed by atoms with Gasteiger partial charge in [0, 0.05) is 6.42 Å². The Morgan fingerprint density at radius 3 is 2.47 bits per heavy atom. The maximum Gasteiger partial charge on any atom is 0.325 e. The lowest BCUT2D eigenvalue weighted by Crippen LogP contribution is -2.34. The lowest BCUT2D eigenvalue weighted by atomic mass is 10.1. The molecule has 0 aromatic carbocycles. The molecule has 0 aliphatic carbocycles. The number of hydrogen-bond donors (Lipinski definition) is 2. The van der Waals surface area contributed by atoms with Gasteiger partial charge in [-0.2, -0.15) is 0 Å². The molecule has 0 aliphatic rings. The Labute approximate surface area is 113 Å². The van der Waals surface area contributed by atoms with Gasteiger partial charge in [-0.05, 0) is 12.3 Å². The SMILES string of the molecule is C#CCNC(=O)COC(=O)CNC(=O)CCC(C)C. The second-order valence-corrected chi connectivity index (χ2v) is 4.35. The molecule has 0 rings (SSSR count). The summed E-state index contributed by atoms with van der Waals surface area (Å²) in [7, 11) is 0. The predicted molar refractivity (Wildman–Crippen MR) is 69.9 cm³/mol. The fraction of sp³-hybridized carbons (Fsp3) is 0.615. The van der Waals surface area contributed by atoms with E-state index in [0.717, 1.165) is 6.42 Å². The van der Waals surface area contributed by atoms with Gasteiger partial charge in [0.15, 0.2) is 6.61 Å². The number of carbonyl (C=O) groups is 3. The topological polar surface area (TPSA) is 84.5 Å². The molecule has 2 amide bonds. The third kappa shape index (κ3) is 10.8. The molecule has 0 atom stereocenters. The first kappa shape index (κ1) is 17.0. The van der Waals surface area contributed by atoms with Crippen LogP contribution in [-0.4, -0.2) is 37.5 Å². The van der Waals surface area contributed by atoms with Crippen LogP contribution in [0.25, 0.3) is 0 Å². The number of amides is 2. The fourth-order valence-electron chi connectivity index (χ4n) is 1.08. The number of terminal acetylenes is 1. The molecule has 0 fully saturated rings. The minimum Gasteiger partial charge on any atom is -0.454 e. The summed E-state index contributed by atoms with van der Waals surface area (Å²) in [6, 6.07) is 0. The highest BCUT2D eigenvalue weighted by atomic mass is 16.5. The second-order valence-electron chi connectivity index (χ2n) is 4.35. The van der Waals surface area contributed by atoms with Gasteiger partial charge in [0.05, 0.1) is 6.54 Å². The Kier molecular flexibility index (Phi) is 8.88. The summed E-state index contributed by atoms with van der Waals surface area (Å²) in [6.45, 7) is 3.47. The van der Waals surface area contributed by atoms with Crippen LogP contribution < -0.4 is 10.6 Å². The Morgan fingerprint density at radius 1 is 1.21 bits per heavy atom. The normalized spacial score (nSPS) is 9.58. The molecule has 6 heteroatoms. The molecular weight excluding hydrogens is 248 g/mol. The third-order valence-electron chi connectivity index (χ3n) is 2.13. The van der Waals surface area contributed by atoms with Gasteiger partial charge >= 0.3 is 5.97 Å². The van der Waals surface area contributed by atoms with Gasteiger partial charge < -0.3 is 15.4 Å². The quantitative estimate of drug-likeness (QED) is 0.473. The predicted octanol–water partition coefficient (Wildman–Crippen LogP) is -0.169. The first-order valence-electron chi connectivity index (χ1n) is 6.08. The number of carbonyl (C=O) groups excluding carboxylic acids is 3. The summed E-state index contributed by atoms with van der Waals surface area (Å²) in [6.07, 6.45) is 6.07. The number of nitrogens with one attached hydrogen (secondary N) is 2. The minimum absolute atomic E-state index is 0.0856. The molecule has 0 aromatic rings. The van der Waals surface area contributed by atoms with Crippen molar-refractivity contribution < 1.29 is 19.1 Å². The summed E-state index contributed by atoms with van der Waals surface area (Å²) >= 11 is 0. The van der Waals surface area contributed by atoms with Crippen LogP contribution in [0, 0.1) is 18.3 Å². The molecule has 0 saturated carbocycles. The van der Waals surface area contributed by atoms with Gasteiger partial charge in [0.2, 0.25) is 5.91 Å². The van der Waals surface area contributed by atoms with E-state index in [9.17, 15) is 14.4 Å². The van der Waals surface area contributed by atoms with Crippen LogP contribution in [0.1, 0.15) is 26.7 Å². The zero-order valence-electron chi connectivity index (χ0n) is 11.3. The van der Waals surface area contributed by atoms with Crippen molar-refractivity contribution >= 4 is 17.8 Å². The molecule has 0 radical (unpaired) electrons. The van der Waals surface area contributed by atoms with E-state index >= 15 is 0 Å². The molecule has 0 saturated heterocycles. The van der Waals surface area contributed by atoms with Crippen LogP contribution in [0.3, 0.4) is 0 Å². The summed E-state index contributed by atoms with van der Waals surface area (Å²) < 4.78 is 4.64. The average molecular weight is 268 g/mol. The summed E-state index contributed by atoms with van der Waals surface area (Å²) in [5.74, 6) is 1.31. The molecule has 0 spiro atoms. The first-order chi connectivity index (χ1) is 8.95. The number of rotatable bonds is 8. The molecular formula is C13H20N2O4. The third-order valence-corrected chi connectivity index (χ3v) is 2.13. The highest BCUT2D eigenvalue weighted by Crippen LogP contribution is 2.02. The van der Waals surface area contributed by atoms with Gasteiger partial charge in [0.1, 0.15) is 6.54 Å². The second kappa shape index (κ2) is 9.95. The number of hydrogen-bond acceptors (Lipinski definition) is 4. The lowest BCUT2D eigenvalue weighted by molar-refractivity contribution is -0.148. The summed E-state index contributed by atoms with van der Waals surface area (Å²) in [4.78, 5) is 33.6. The Bertz CT molecular complexity index is 358. The maximum atomic E-state index is 11.3. The molecule has 0 unspecified atom stereocenters. The van der Waals surface area contributed by atoms with Crippen molar-refractivity contribution in [1.29, 1.82) is 0 Å². The van der Waals surface area contributed by atoms with Crippen molar-refractivity contribution in [2.45, 2.75) is 26.7 Å². The van der Waals surface area contributed by atoms with Crippen molar-refractivity contribution in [3.05, 3.63) is 0 Å². The molecule has 2 N–H and O–H groups in total. The molecule has 0 heterocycles. The van der Waals surface area contributed by atoms with Crippen LogP contribution in [0.4, 0.5) is 0 Å². The Morgan fingerprint density at radius 2 is 1.89 bits per heavy atom. The minimum atomic E-state index is -0.659. The molecule has 0 bridgehead atoms. The van der Waals surface area contributed by atoms with E-state index in [1.54, 1.807) is 0 Å². The van der Waals surface area contributed by atoms with Gasteiger partial charge in [0.25, 0.3) is 5.91 Å². The van der Waals surface area contributed by atoms with E-state index < -0.39 is 18.5 Å². The first-order valence-corrected chi connectivity index (χ1v) is 6.08. The Hall–Kier alpha value is -2.03.